The van der Waals surface area contributed by atoms with Crippen molar-refractivity contribution in [3.05, 3.63) is 40.6 Å². The zero-order chi connectivity index (χ0) is 21.1. The third-order valence-electron chi connectivity index (χ3n) is 4.22. The minimum absolute atomic E-state index is 0.161. The van der Waals surface area contributed by atoms with E-state index in [0.717, 1.165) is 0 Å². The molecule has 0 atom stereocenters. The van der Waals surface area contributed by atoms with Crippen LogP contribution in [-0.2, 0) is 4.79 Å². The number of methoxy groups -OCH3 is 4. The molecular formula is C21H20O8. The van der Waals surface area contributed by atoms with Crippen LogP contribution in [0.3, 0.4) is 0 Å². The van der Waals surface area contributed by atoms with Crippen molar-refractivity contribution < 1.29 is 32.9 Å². The Morgan fingerprint density at radius 1 is 0.828 bits per heavy atom. The van der Waals surface area contributed by atoms with E-state index in [1.54, 1.807) is 24.3 Å². The van der Waals surface area contributed by atoms with Crippen LogP contribution >= 0.6 is 0 Å². The van der Waals surface area contributed by atoms with Crippen LogP contribution in [-0.4, -0.2) is 34.4 Å². The fourth-order valence-corrected chi connectivity index (χ4v) is 3.04. The lowest BCUT2D eigenvalue weighted by atomic mass is 10.1. The van der Waals surface area contributed by atoms with Gasteiger partial charge in [-0.1, -0.05) is 0 Å². The molecule has 0 N–H and O–H groups in total. The molecule has 3 rings (SSSR count). The molecule has 8 heteroatoms. The largest absolute Gasteiger partial charge is 0.492 e. The summed E-state index contributed by atoms with van der Waals surface area (Å²) in [5.74, 6) is 1.11. The molecule has 3 aromatic rings. The van der Waals surface area contributed by atoms with Crippen molar-refractivity contribution in [3.8, 4) is 40.1 Å². The van der Waals surface area contributed by atoms with E-state index in [1.807, 2.05) is 0 Å². The first-order valence-corrected chi connectivity index (χ1v) is 8.57. The molecule has 0 aliphatic heterocycles. The van der Waals surface area contributed by atoms with E-state index < -0.39 is 5.97 Å². The first kappa shape index (κ1) is 20.1. The molecule has 0 saturated carbocycles. The topological polar surface area (TPSA) is 93.4 Å². The minimum atomic E-state index is -0.423. The Kier molecular flexibility index (Phi) is 5.63. The highest BCUT2D eigenvalue weighted by molar-refractivity contribution is 5.95. The summed E-state index contributed by atoms with van der Waals surface area (Å²) in [6, 6.07) is 7.90. The van der Waals surface area contributed by atoms with Gasteiger partial charge >= 0.3 is 5.97 Å². The van der Waals surface area contributed by atoms with Gasteiger partial charge in [-0.3, -0.25) is 9.59 Å². The molecule has 1 heterocycles. The molecule has 2 aromatic carbocycles. The molecule has 0 bridgehead atoms. The summed E-state index contributed by atoms with van der Waals surface area (Å²) in [5.41, 5.74) is 0.422. The molecule has 0 fully saturated rings. The fraction of sp³-hybridized carbons (Fsp3) is 0.238. The number of hydrogen-bond acceptors (Lipinski definition) is 8. The van der Waals surface area contributed by atoms with Crippen LogP contribution < -0.4 is 29.1 Å². The van der Waals surface area contributed by atoms with Crippen molar-refractivity contribution in [3.63, 3.8) is 0 Å². The zero-order valence-corrected chi connectivity index (χ0v) is 16.7. The van der Waals surface area contributed by atoms with Crippen molar-refractivity contribution in [2.75, 3.05) is 28.4 Å². The second kappa shape index (κ2) is 8.14. The first-order valence-electron chi connectivity index (χ1n) is 8.57. The first-order chi connectivity index (χ1) is 13.9. The molecule has 0 spiro atoms. The van der Waals surface area contributed by atoms with Crippen LogP contribution in [0.5, 0.6) is 28.7 Å². The number of hydrogen-bond donors (Lipinski definition) is 0. The second-order valence-electron chi connectivity index (χ2n) is 5.93. The molecule has 29 heavy (non-hydrogen) atoms. The number of carbonyl (C=O) groups is 1. The summed E-state index contributed by atoms with van der Waals surface area (Å²) in [7, 11) is 5.74. The highest BCUT2D eigenvalue weighted by Crippen LogP contribution is 2.50. The maximum absolute atomic E-state index is 12.9. The lowest BCUT2D eigenvalue weighted by Crippen LogP contribution is -2.07. The molecule has 8 nitrogen and oxygen atoms in total. The average molecular weight is 400 g/mol. The fourth-order valence-electron chi connectivity index (χ4n) is 3.04. The third kappa shape index (κ3) is 3.56. The maximum Gasteiger partial charge on any atom is 0.308 e. The van der Waals surface area contributed by atoms with E-state index in [-0.39, 0.29) is 39.4 Å². The van der Waals surface area contributed by atoms with Gasteiger partial charge in [0, 0.05) is 18.6 Å². The van der Waals surface area contributed by atoms with Crippen molar-refractivity contribution >= 4 is 16.9 Å². The van der Waals surface area contributed by atoms with Gasteiger partial charge in [0.05, 0.1) is 28.4 Å². The van der Waals surface area contributed by atoms with Crippen LogP contribution in [0.15, 0.2) is 39.5 Å². The molecular weight excluding hydrogens is 380 g/mol. The van der Waals surface area contributed by atoms with Gasteiger partial charge < -0.3 is 28.1 Å². The Labute approximate surface area is 166 Å². The van der Waals surface area contributed by atoms with Crippen molar-refractivity contribution in [2.45, 2.75) is 6.92 Å². The summed E-state index contributed by atoms with van der Waals surface area (Å²) in [6.45, 7) is 1.32. The van der Waals surface area contributed by atoms with Gasteiger partial charge in [0.1, 0.15) is 16.9 Å². The predicted octanol–water partition coefficient (Wildman–Crippen LogP) is 3.42. The van der Waals surface area contributed by atoms with E-state index in [1.165, 1.54) is 41.4 Å². The predicted molar refractivity (Wildman–Crippen MR) is 105 cm³/mol. The van der Waals surface area contributed by atoms with Crippen LogP contribution in [0.4, 0.5) is 0 Å². The molecule has 152 valence electrons. The molecule has 0 aliphatic carbocycles. The van der Waals surface area contributed by atoms with E-state index in [0.29, 0.717) is 17.1 Å². The van der Waals surface area contributed by atoms with E-state index in [4.69, 9.17) is 28.1 Å². The van der Waals surface area contributed by atoms with Gasteiger partial charge in [0.15, 0.2) is 16.8 Å². The van der Waals surface area contributed by atoms with E-state index in [9.17, 15) is 9.59 Å². The second-order valence-corrected chi connectivity index (χ2v) is 5.93. The summed E-state index contributed by atoms with van der Waals surface area (Å²) in [6.07, 6.45) is 0. The van der Waals surface area contributed by atoms with Crippen LogP contribution in [0.1, 0.15) is 6.92 Å². The molecule has 0 radical (unpaired) electrons. The zero-order valence-electron chi connectivity index (χ0n) is 16.7. The van der Waals surface area contributed by atoms with E-state index in [2.05, 4.69) is 0 Å². The standard InChI is InChI=1S/C21H20O8/c1-11(22)28-13-8-6-12(7-9-13)15-10-14(23)16-17(24-2)19(25-3)21(27-5)20(26-4)18(16)29-15/h6-10H,1-5H3. The van der Waals surface area contributed by atoms with Gasteiger partial charge in [0.2, 0.25) is 17.2 Å². The molecule has 1 aromatic heterocycles. The number of benzene rings is 2. The summed E-state index contributed by atoms with van der Waals surface area (Å²) in [4.78, 5) is 24.0. The van der Waals surface area contributed by atoms with Crippen molar-refractivity contribution in [1.29, 1.82) is 0 Å². The number of esters is 1. The Morgan fingerprint density at radius 2 is 1.38 bits per heavy atom. The van der Waals surface area contributed by atoms with E-state index >= 15 is 0 Å². The average Bonchev–Trinajstić information content (AvgIpc) is 2.71. The Hall–Kier alpha value is -3.68. The quantitative estimate of drug-likeness (QED) is 0.459. The summed E-state index contributed by atoms with van der Waals surface area (Å²) in [5, 5.41) is 0.169. The van der Waals surface area contributed by atoms with Crippen LogP contribution in [0, 0.1) is 0 Å². The lowest BCUT2D eigenvalue weighted by molar-refractivity contribution is -0.131. The van der Waals surface area contributed by atoms with Crippen molar-refractivity contribution in [1.82, 2.24) is 0 Å². The highest BCUT2D eigenvalue weighted by Gasteiger charge is 2.27. The third-order valence-corrected chi connectivity index (χ3v) is 4.22. The number of fused-ring (bicyclic) bond motifs is 1. The maximum atomic E-state index is 12.9. The number of rotatable bonds is 6. The normalized spacial score (nSPS) is 10.5. The minimum Gasteiger partial charge on any atom is -0.492 e. The molecule has 0 aliphatic rings. The van der Waals surface area contributed by atoms with Gasteiger partial charge in [-0.05, 0) is 24.3 Å². The number of ether oxygens (including phenoxy) is 5. The molecule has 0 saturated heterocycles. The Morgan fingerprint density at radius 3 is 1.90 bits per heavy atom. The van der Waals surface area contributed by atoms with Crippen LogP contribution in [0.2, 0.25) is 0 Å². The SMILES string of the molecule is COc1c(OC)c(OC)c2c(=O)cc(-c3ccc(OC(C)=O)cc3)oc2c1OC. The Balaban J connectivity index is 2.28. The Bertz CT molecular complexity index is 1110. The molecule has 0 unspecified atom stereocenters. The van der Waals surface area contributed by atoms with Gasteiger partial charge in [-0.15, -0.1) is 0 Å². The van der Waals surface area contributed by atoms with Gasteiger partial charge in [-0.2, -0.15) is 0 Å². The van der Waals surface area contributed by atoms with Gasteiger partial charge in [-0.25, -0.2) is 0 Å². The lowest BCUT2D eigenvalue weighted by Gasteiger charge is -2.17. The summed E-state index contributed by atoms with van der Waals surface area (Å²) >= 11 is 0. The highest BCUT2D eigenvalue weighted by atomic mass is 16.5. The van der Waals surface area contributed by atoms with Crippen LogP contribution in [0.25, 0.3) is 22.3 Å². The summed E-state index contributed by atoms with van der Waals surface area (Å²) < 4.78 is 32.7. The monoisotopic (exact) mass is 400 g/mol. The number of carbonyl (C=O) groups excluding carboxylic acids is 1. The van der Waals surface area contributed by atoms with Crippen molar-refractivity contribution in [2.24, 2.45) is 0 Å². The smallest absolute Gasteiger partial charge is 0.308 e. The molecule has 0 amide bonds. The van der Waals surface area contributed by atoms with Gasteiger partial charge in [0.25, 0.3) is 0 Å².